The molecule has 0 bridgehead atoms. The van der Waals surface area contributed by atoms with Crippen LogP contribution in [0.3, 0.4) is 0 Å². The van der Waals surface area contributed by atoms with E-state index in [9.17, 15) is 4.79 Å². The topological polar surface area (TPSA) is 58.7 Å². The zero-order chi connectivity index (χ0) is 12.4. The normalized spacial score (nSPS) is 18.8. The summed E-state index contributed by atoms with van der Waals surface area (Å²) in [5.41, 5.74) is 2.31. The van der Waals surface area contributed by atoms with Crippen molar-refractivity contribution < 1.29 is 4.79 Å². The fourth-order valence-corrected chi connectivity index (χ4v) is 2.46. The van der Waals surface area contributed by atoms with Crippen LogP contribution in [0.15, 0.2) is 6.33 Å². The average molecular weight is 231 g/mol. The smallest absolute Gasteiger partial charge is 0.150 e. The van der Waals surface area contributed by atoms with Crippen molar-refractivity contribution in [1.82, 2.24) is 9.55 Å². The van der Waals surface area contributed by atoms with Gasteiger partial charge in [-0.05, 0) is 26.7 Å². The maximum Gasteiger partial charge on any atom is 0.150 e. The number of imidazole rings is 1. The largest absolute Gasteiger partial charge is 0.332 e. The zero-order valence-corrected chi connectivity index (χ0v) is 10.3. The van der Waals surface area contributed by atoms with E-state index in [1.165, 1.54) is 5.69 Å². The molecule has 1 aromatic heterocycles. The van der Waals surface area contributed by atoms with Crippen molar-refractivity contribution in [3.05, 3.63) is 17.7 Å². The highest BCUT2D eigenvalue weighted by atomic mass is 16.1. The third kappa shape index (κ3) is 2.23. The van der Waals surface area contributed by atoms with Crippen LogP contribution in [0.2, 0.25) is 0 Å². The number of carbonyl (C=O) groups excluding carboxylic acids is 1. The van der Waals surface area contributed by atoms with Crippen LogP contribution in [0.1, 0.15) is 44.1 Å². The van der Waals surface area contributed by atoms with Gasteiger partial charge in [-0.2, -0.15) is 5.26 Å². The van der Waals surface area contributed by atoms with Crippen molar-refractivity contribution in [2.24, 2.45) is 5.92 Å². The summed E-state index contributed by atoms with van der Waals surface area (Å²) in [6, 6.07) is 2.35. The molecule has 90 valence electrons. The lowest BCUT2D eigenvalue weighted by molar-refractivity contribution is -0.122. The highest BCUT2D eigenvalue weighted by Gasteiger charge is 2.27. The van der Waals surface area contributed by atoms with Crippen molar-refractivity contribution in [2.45, 2.75) is 45.6 Å². The molecule has 17 heavy (non-hydrogen) atoms. The molecule has 1 atom stereocenters. The van der Waals surface area contributed by atoms with Crippen molar-refractivity contribution in [3.8, 4) is 6.07 Å². The first-order valence-corrected chi connectivity index (χ1v) is 6.07. The maximum absolute atomic E-state index is 11.7. The molecule has 1 unspecified atom stereocenters. The Morgan fingerprint density at radius 3 is 3.12 bits per heavy atom. The predicted molar refractivity (Wildman–Crippen MR) is 63.4 cm³/mol. The van der Waals surface area contributed by atoms with E-state index in [0.29, 0.717) is 12.5 Å². The third-order valence-corrected chi connectivity index (χ3v) is 3.42. The molecule has 0 saturated carbocycles. The molecule has 2 rings (SSSR count). The molecule has 4 heteroatoms. The molecule has 1 aliphatic rings. The molecule has 0 aliphatic heterocycles. The first kappa shape index (κ1) is 11.8. The lowest BCUT2D eigenvalue weighted by Crippen LogP contribution is -2.23. The number of ketones is 1. The second kappa shape index (κ2) is 4.70. The first-order chi connectivity index (χ1) is 8.13. The number of nitrogens with zero attached hydrogens (tertiary/aromatic N) is 3. The van der Waals surface area contributed by atoms with Gasteiger partial charge in [-0.25, -0.2) is 4.98 Å². The molecule has 1 aliphatic carbocycles. The highest BCUT2D eigenvalue weighted by molar-refractivity contribution is 5.83. The zero-order valence-electron chi connectivity index (χ0n) is 10.3. The van der Waals surface area contributed by atoms with E-state index in [1.54, 1.807) is 0 Å². The Bertz CT molecular complexity index is 467. The fourth-order valence-electron chi connectivity index (χ4n) is 2.46. The van der Waals surface area contributed by atoms with Crippen LogP contribution in [0, 0.1) is 17.2 Å². The van der Waals surface area contributed by atoms with Gasteiger partial charge in [0.25, 0.3) is 0 Å². The van der Waals surface area contributed by atoms with Gasteiger partial charge < -0.3 is 4.57 Å². The fraction of sp³-hybridized carbons (Fsp3) is 0.615. The van der Waals surface area contributed by atoms with Gasteiger partial charge in [0.2, 0.25) is 0 Å². The van der Waals surface area contributed by atoms with E-state index in [1.807, 2.05) is 12.4 Å². The number of hydrogen-bond acceptors (Lipinski definition) is 3. The van der Waals surface area contributed by atoms with Gasteiger partial charge in [-0.3, -0.25) is 4.79 Å². The minimum absolute atomic E-state index is 0.00216. The molecule has 0 fully saturated rings. The van der Waals surface area contributed by atoms with E-state index in [-0.39, 0.29) is 18.1 Å². The highest BCUT2D eigenvalue weighted by Crippen LogP contribution is 2.27. The van der Waals surface area contributed by atoms with Gasteiger partial charge in [-0.1, -0.05) is 0 Å². The van der Waals surface area contributed by atoms with Crippen LogP contribution in [0.4, 0.5) is 0 Å². The second-order valence-electron chi connectivity index (χ2n) is 4.88. The summed E-state index contributed by atoms with van der Waals surface area (Å²) in [7, 11) is 0. The molecule has 0 N–H and O–H groups in total. The van der Waals surface area contributed by atoms with Gasteiger partial charge in [0.15, 0.2) is 0 Å². The Kier molecular flexibility index (Phi) is 3.28. The van der Waals surface area contributed by atoms with Gasteiger partial charge in [0.1, 0.15) is 5.78 Å². The van der Waals surface area contributed by atoms with Gasteiger partial charge in [0.05, 0.1) is 24.5 Å². The molecular weight excluding hydrogens is 214 g/mol. The van der Waals surface area contributed by atoms with Crippen molar-refractivity contribution in [2.75, 3.05) is 0 Å². The van der Waals surface area contributed by atoms with Gasteiger partial charge in [0, 0.05) is 24.1 Å². The molecule has 0 radical (unpaired) electrons. The van der Waals surface area contributed by atoms with E-state index in [0.717, 1.165) is 18.5 Å². The number of hydrogen-bond donors (Lipinski definition) is 0. The molecular formula is C13H17N3O. The molecule has 4 nitrogen and oxygen atoms in total. The Morgan fingerprint density at radius 2 is 2.47 bits per heavy atom. The Hall–Kier alpha value is -1.63. The summed E-state index contributed by atoms with van der Waals surface area (Å²) < 4.78 is 2.18. The summed E-state index contributed by atoms with van der Waals surface area (Å²) in [4.78, 5) is 16.1. The van der Waals surface area contributed by atoms with Gasteiger partial charge >= 0.3 is 0 Å². The number of fused-ring (bicyclic) bond motifs is 1. The number of rotatable bonds is 3. The lowest BCUT2D eigenvalue weighted by Gasteiger charge is -2.22. The molecule has 1 aromatic rings. The van der Waals surface area contributed by atoms with E-state index < -0.39 is 0 Å². The van der Waals surface area contributed by atoms with Crippen LogP contribution in [-0.2, 0) is 17.6 Å². The maximum atomic E-state index is 11.7. The summed E-state index contributed by atoms with van der Waals surface area (Å²) in [5.74, 6) is 0.0647. The Labute approximate surface area is 101 Å². The number of nitriles is 1. The molecule has 0 spiro atoms. The van der Waals surface area contributed by atoms with Crippen molar-refractivity contribution in [3.63, 3.8) is 0 Å². The number of carbonyl (C=O) groups is 1. The molecule has 1 heterocycles. The lowest BCUT2D eigenvalue weighted by atomic mass is 9.85. The van der Waals surface area contributed by atoms with Crippen LogP contribution in [0.5, 0.6) is 0 Å². The molecule has 0 amide bonds. The Morgan fingerprint density at radius 1 is 1.71 bits per heavy atom. The average Bonchev–Trinajstić information content (AvgIpc) is 2.71. The number of aromatic nitrogens is 2. The van der Waals surface area contributed by atoms with E-state index in [2.05, 4.69) is 23.4 Å². The minimum atomic E-state index is -0.00216. The minimum Gasteiger partial charge on any atom is -0.332 e. The second-order valence-corrected chi connectivity index (χ2v) is 4.88. The Balaban J connectivity index is 2.16. The van der Waals surface area contributed by atoms with Crippen molar-refractivity contribution >= 4 is 5.78 Å². The van der Waals surface area contributed by atoms with Crippen molar-refractivity contribution in [1.29, 1.82) is 5.26 Å². The van der Waals surface area contributed by atoms with Crippen LogP contribution < -0.4 is 0 Å². The third-order valence-electron chi connectivity index (χ3n) is 3.42. The predicted octanol–water partition coefficient (Wildman–Crippen LogP) is 2.05. The van der Waals surface area contributed by atoms with Crippen LogP contribution in [-0.4, -0.2) is 15.3 Å². The quantitative estimate of drug-likeness (QED) is 0.800. The summed E-state index contributed by atoms with van der Waals surface area (Å²) in [6.45, 7) is 4.27. The summed E-state index contributed by atoms with van der Waals surface area (Å²) in [6.07, 6.45) is 4.36. The standard InChI is InChI=1S/C13H17N3O/c1-9(2)16-8-15-11-7-10(3-4-12(11)16)13(17)5-6-14/h8-10H,3-5,7H2,1-2H3. The monoisotopic (exact) mass is 231 g/mol. The van der Waals surface area contributed by atoms with Gasteiger partial charge in [-0.15, -0.1) is 0 Å². The van der Waals surface area contributed by atoms with Crippen LogP contribution >= 0.6 is 0 Å². The SMILES string of the molecule is CC(C)n1cnc2c1CCC(C(=O)CC#N)C2. The van der Waals surface area contributed by atoms with E-state index in [4.69, 9.17) is 5.26 Å². The summed E-state index contributed by atoms with van der Waals surface area (Å²) >= 11 is 0. The molecule has 0 aromatic carbocycles. The number of Topliss-reactive ketones (excluding diaryl/α,β-unsaturated/α-hetero) is 1. The first-order valence-electron chi connectivity index (χ1n) is 6.07. The van der Waals surface area contributed by atoms with E-state index >= 15 is 0 Å². The summed E-state index contributed by atoms with van der Waals surface area (Å²) in [5, 5.41) is 8.55. The molecule has 0 saturated heterocycles. The van der Waals surface area contributed by atoms with Crippen LogP contribution in [0.25, 0.3) is 0 Å².